The molecule has 0 spiro atoms. The van der Waals surface area contributed by atoms with E-state index in [0.717, 1.165) is 10.9 Å². The Morgan fingerprint density at radius 3 is 2.83 bits per heavy atom. The lowest BCUT2D eigenvalue weighted by atomic mass is 10.0. The third-order valence-electron chi connectivity index (χ3n) is 3.80. The summed E-state index contributed by atoms with van der Waals surface area (Å²) in [5, 5.41) is 0.928. The van der Waals surface area contributed by atoms with Gasteiger partial charge in [-0.3, -0.25) is 9.36 Å². The first-order valence-electron chi connectivity index (χ1n) is 7.49. The highest BCUT2D eigenvalue weighted by Crippen LogP contribution is 2.28. The summed E-state index contributed by atoms with van der Waals surface area (Å²) in [7, 11) is 1.61. The quantitative estimate of drug-likeness (QED) is 0.676. The Morgan fingerprint density at radius 1 is 1.22 bits per heavy atom. The van der Waals surface area contributed by atoms with Crippen molar-refractivity contribution in [2.45, 2.75) is 13.0 Å². The molecule has 23 heavy (non-hydrogen) atoms. The van der Waals surface area contributed by atoms with E-state index in [9.17, 15) is 4.79 Å². The van der Waals surface area contributed by atoms with Crippen molar-refractivity contribution in [1.29, 1.82) is 0 Å². The first-order chi connectivity index (χ1) is 11.3. The highest BCUT2D eigenvalue weighted by atomic mass is 16.5. The topological polar surface area (TPSA) is 44.1 Å². The van der Waals surface area contributed by atoms with E-state index in [2.05, 4.69) is 11.6 Å². The average molecular weight is 306 g/mol. The van der Waals surface area contributed by atoms with Gasteiger partial charge in [0.25, 0.3) is 5.56 Å². The summed E-state index contributed by atoms with van der Waals surface area (Å²) in [5.74, 6) is 0.683. The fourth-order valence-electron chi connectivity index (χ4n) is 2.69. The summed E-state index contributed by atoms with van der Waals surface area (Å²) in [6, 6.07) is 13.3. The van der Waals surface area contributed by atoms with Crippen molar-refractivity contribution in [2.24, 2.45) is 0 Å². The number of pyridine rings is 2. The monoisotopic (exact) mass is 306 g/mol. The van der Waals surface area contributed by atoms with E-state index in [1.54, 1.807) is 23.9 Å². The minimum absolute atomic E-state index is 0.0671. The van der Waals surface area contributed by atoms with Gasteiger partial charge in [-0.1, -0.05) is 24.3 Å². The second-order valence-corrected chi connectivity index (χ2v) is 5.21. The number of ether oxygens (including phenoxy) is 1. The second-order valence-electron chi connectivity index (χ2n) is 5.21. The van der Waals surface area contributed by atoms with Crippen LogP contribution >= 0.6 is 0 Å². The maximum Gasteiger partial charge on any atom is 0.260 e. The largest absolute Gasteiger partial charge is 0.496 e. The van der Waals surface area contributed by atoms with Crippen LogP contribution in [-0.2, 0) is 6.54 Å². The number of fused-ring (bicyclic) bond motifs is 1. The normalized spacial score (nSPS) is 10.7. The zero-order chi connectivity index (χ0) is 16.2. The van der Waals surface area contributed by atoms with Gasteiger partial charge in [0.2, 0.25) is 0 Å². The van der Waals surface area contributed by atoms with Crippen LogP contribution in [0.25, 0.3) is 22.2 Å². The Labute approximate surface area is 134 Å². The van der Waals surface area contributed by atoms with Crippen LogP contribution in [0.2, 0.25) is 0 Å². The molecule has 0 radical (unpaired) electrons. The standard InChI is InChI=1S/C19H18N2O2/c1-3-4-12-21-18-14(8-7-11-20-18)13-16(19(21)22)15-9-5-6-10-17(15)23-2/h3,5-11,13H,1,4,12H2,2H3. The van der Waals surface area contributed by atoms with Gasteiger partial charge in [-0.2, -0.15) is 0 Å². The molecule has 2 aromatic heterocycles. The number of aryl methyl sites for hydroxylation is 1. The van der Waals surface area contributed by atoms with Crippen molar-refractivity contribution in [3.05, 3.63) is 71.7 Å². The predicted octanol–water partition coefficient (Wildman–Crippen LogP) is 3.65. The molecule has 0 aliphatic carbocycles. The van der Waals surface area contributed by atoms with Gasteiger partial charge in [-0.15, -0.1) is 6.58 Å². The minimum Gasteiger partial charge on any atom is -0.496 e. The van der Waals surface area contributed by atoms with E-state index in [0.29, 0.717) is 29.9 Å². The van der Waals surface area contributed by atoms with Gasteiger partial charge in [-0.05, 0) is 30.7 Å². The predicted molar refractivity (Wildman–Crippen MR) is 92.8 cm³/mol. The molecule has 4 heteroatoms. The van der Waals surface area contributed by atoms with E-state index in [1.165, 1.54) is 0 Å². The molecule has 4 nitrogen and oxygen atoms in total. The molecule has 0 aliphatic rings. The summed E-state index contributed by atoms with van der Waals surface area (Å²) in [6.07, 6.45) is 4.22. The first-order valence-corrected chi connectivity index (χ1v) is 7.49. The zero-order valence-corrected chi connectivity index (χ0v) is 13.0. The number of allylic oxidation sites excluding steroid dienone is 1. The van der Waals surface area contributed by atoms with Crippen molar-refractivity contribution < 1.29 is 4.74 Å². The van der Waals surface area contributed by atoms with Crippen LogP contribution in [0.1, 0.15) is 6.42 Å². The molecule has 1 aromatic carbocycles. The van der Waals surface area contributed by atoms with Crippen molar-refractivity contribution >= 4 is 11.0 Å². The molecule has 0 aliphatic heterocycles. The molecule has 0 bridgehead atoms. The van der Waals surface area contributed by atoms with Crippen LogP contribution in [0.4, 0.5) is 0 Å². The number of nitrogens with zero attached hydrogens (tertiary/aromatic N) is 2. The Morgan fingerprint density at radius 2 is 2.04 bits per heavy atom. The molecule has 0 saturated carbocycles. The van der Waals surface area contributed by atoms with Gasteiger partial charge in [0.15, 0.2) is 0 Å². The fraction of sp³-hybridized carbons (Fsp3) is 0.158. The van der Waals surface area contributed by atoms with Gasteiger partial charge >= 0.3 is 0 Å². The zero-order valence-electron chi connectivity index (χ0n) is 13.0. The number of benzene rings is 1. The minimum atomic E-state index is -0.0671. The summed E-state index contributed by atoms with van der Waals surface area (Å²) in [6.45, 7) is 4.29. The summed E-state index contributed by atoms with van der Waals surface area (Å²) < 4.78 is 7.12. The van der Waals surface area contributed by atoms with E-state index in [4.69, 9.17) is 4.74 Å². The van der Waals surface area contributed by atoms with Crippen LogP contribution in [0.15, 0.2) is 66.1 Å². The van der Waals surface area contributed by atoms with E-state index in [1.807, 2.05) is 42.5 Å². The summed E-state index contributed by atoms with van der Waals surface area (Å²) in [5.41, 5.74) is 2.03. The van der Waals surface area contributed by atoms with Gasteiger partial charge in [0.05, 0.1) is 12.7 Å². The molecule has 0 fully saturated rings. The SMILES string of the molecule is C=CCCn1c(=O)c(-c2ccccc2OC)cc2cccnc21. The lowest BCUT2D eigenvalue weighted by molar-refractivity contribution is 0.416. The molecule has 0 N–H and O–H groups in total. The van der Waals surface area contributed by atoms with Gasteiger partial charge in [-0.25, -0.2) is 4.98 Å². The highest BCUT2D eigenvalue weighted by Gasteiger charge is 2.14. The van der Waals surface area contributed by atoms with Crippen molar-refractivity contribution in [1.82, 2.24) is 9.55 Å². The maximum absolute atomic E-state index is 13.0. The third kappa shape index (κ3) is 2.75. The average Bonchev–Trinajstić information content (AvgIpc) is 2.60. The Hall–Kier alpha value is -2.88. The lowest BCUT2D eigenvalue weighted by Crippen LogP contribution is -2.23. The molecule has 0 amide bonds. The molecule has 2 heterocycles. The molecule has 3 aromatic rings. The number of hydrogen-bond donors (Lipinski definition) is 0. The Balaban J connectivity index is 2.31. The molecule has 0 unspecified atom stereocenters. The van der Waals surface area contributed by atoms with Crippen molar-refractivity contribution in [3.63, 3.8) is 0 Å². The van der Waals surface area contributed by atoms with Crippen LogP contribution < -0.4 is 10.3 Å². The second kappa shape index (κ2) is 6.48. The molecule has 116 valence electrons. The van der Waals surface area contributed by atoms with Gasteiger partial charge in [0, 0.05) is 23.7 Å². The lowest BCUT2D eigenvalue weighted by Gasteiger charge is -2.13. The number of aromatic nitrogens is 2. The smallest absolute Gasteiger partial charge is 0.260 e. The molecule has 0 atom stereocenters. The Kier molecular flexibility index (Phi) is 4.24. The molecular formula is C19H18N2O2. The van der Waals surface area contributed by atoms with E-state index < -0.39 is 0 Å². The molecular weight excluding hydrogens is 288 g/mol. The summed E-state index contributed by atoms with van der Waals surface area (Å²) in [4.78, 5) is 17.4. The highest BCUT2D eigenvalue weighted by molar-refractivity contribution is 5.82. The number of methoxy groups -OCH3 is 1. The molecule has 0 saturated heterocycles. The van der Waals surface area contributed by atoms with Crippen LogP contribution in [0.3, 0.4) is 0 Å². The van der Waals surface area contributed by atoms with Crippen molar-refractivity contribution in [3.8, 4) is 16.9 Å². The summed E-state index contributed by atoms with van der Waals surface area (Å²) >= 11 is 0. The number of rotatable bonds is 5. The first kappa shape index (κ1) is 15.0. The van der Waals surface area contributed by atoms with Gasteiger partial charge < -0.3 is 4.74 Å². The van der Waals surface area contributed by atoms with Crippen LogP contribution in [0, 0.1) is 0 Å². The number of para-hydroxylation sites is 1. The van der Waals surface area contributed by atoms with Crippen molar-refractivity contribution in [2.75, 3.05) is 7.11 Å². The fourth-order valence-corrected chi connectivity index (χ4v) is 2.69. The third-order valence-corrected chi connectivity index (χ3v) is 3.80. The number of hydrogen-bond acceptors (Lipinski definition) is 3. The van der Waals surface area contributed by atoms with Crippen LogP contribution in [-0.4, -0.2) is 16.7 Å². The van der Waals surface area contributed by atoms with Crippen LogP contribution in [0.5, 0.6) is 5.75 Å². The van der Waals surface area contributed by atoms with E-state index >= 15 is 0 Å². The van der Waals surface area contributed by atoms with E-state index in [-0.39, 0.29) is 5.56 Å². The maximum atomic E-state index is 13.0. The molecule has 3 rings (SSSR count). The van der Waals surface area contributed by atoms with Gasteiger partial charge in [0.1, 0.15) is 11.4 Å². The Bertz CT molecular complexity index is 913.